The van der Waals surface area contributed by atoms with Gasteiger partial charge in [0.05, 0.1) is 5.56 Å². The van der Waals surface area contributed by atoms with Crippen molar-refractivity contribution in [3.05, 3.63) is 26.8 Å². The van der Waals surface area contributed by atoms with Gasteiger partial charge < -0.3 is 4.90 Å². The van der Waals surface area contributed by atoms with Crippen molar-refractivity contribution in [1.29, 1.82) is 0 Å². The summed E-state index contributed by atoms with van der Waals surface area (Å²) in [6.07, 6.45) is -3.20. The quantitative estimate of drug-likeness (QED) is 0.524. The van der Waals surface area contributed by atoms with Crippen LogP contribution in [0.2, 0.25) is 0 Å². The molecule has 1 amide bonds. The lowest BCUT2D eigenvalue weighted by Gasteiger charge is -2.31. The van der Waals surface area contributed by atoms with Gasteiger partial charge in [-0.15, -0.1) is 0 Å². The molecule has 1 aromatic rings. The number of amides is 1. The van der Waals surface area contributed by atoms with Crippen LogP contribution in [0.4, 0.5) is 13.2 Å². The highest BCUT2D eigenvalue weighted by atomic mass is 127. The van der Waals surface area contributed by atoms with E-state index >= 15 is 0 Å². The first-order valence-corrected chi connectivity index (χ1v) is 9.60. The molecule has 1 aliphatic rings. The van der Waals surface area contributed by atoms with E-state index in [1.165, 1.54) is 27.5 Å². The van der Waals surface area contributed by atoms with Gasteiger partial charge in [-0.2, -0.15) is 21.6 Å². The number of alkyl halides is 3. The van der Waals surface area contributed by atoms with Crippen LogP contribution in [0.25, 0.3) is 0 Å². The van der Waals surface area contributed by atoms with Crippen molar-refractivity contribution in [2.24, 2.45) is 5.92 Å². The lowest BCUT2D eigenvalue weighted by molar-refractivity contribution is -0.138. The fourth-order valence-electron chi connectivity index (χ4n) is 2.67. The van der Waals surface area contributed by atoms with Crippen LogP contribution in [-0.4, -0.2) is 36.9 Å². The van der Waals surface area contributed by atoms with E-state index in [-0.39, 0.29) is 5.92 Å². The summed E-state index contributed by atoms with van der Waals surface area (Å²) in [5.74, 6) is -0.456. The Morgan fingerprint density at radius 1 is 1.38 bits per heavy atom. The Morgan fingerprint density at radius 2 is 2.00 bits per heavy atom. The second-order valence-corrected chi connectivity index (χ2v) is 8.28. The first-order valence-electron chi connectivity index (χ1n) is 7.08. The fraction of sp³-hybridized carbons (Fsp3) is 0.500. The van der Waals surface area contributed by atoms with Gasteiger partial charge in [0, 0.05) is 22.2 Å². The number of hydrogen-bond donors (Lipinski definition) is 1. The van der Waals surface area contributed by atoms with E-state index in [0.29, 0.717) is 19.2 Å². The first kappa shape index (κ1) is 19.4. The molecule has 1 N–H and O–H groups in total. The summed E-state index contributed by atoms with van der Waals surface area (Å²) < 4.78 is 70.8. The second-order valence-electron chi connectivity index (χ2n) is 5.81. The summed E-state index contributed by atoms with van der Waals surface area (Å²) in [5.41, 5.74) is -1.66. The minimum Gasteiger partial charge on any atom is -0.338 e. The molecule has 134 valence electrons. The molecule has 24 heavy (non-hydrogen) atoms. The van der Waals surface area contributed by atoms with Crippen LogP contribution in [0, 0.1) is 9.49 Å². The minimum absolute atomic E-state index is 0.217. The standard InChI is InChI=1S/C14H15F3INO4S/c1-8-3-2-4-19(7-8)13(20)9-5-10(14(15,16)17)12(18)11(6-9)24(21,22)23/h5-6,8H,2-4,7H2,1H3,(H,21,22,23)/t8-/m0/s1. The zero-order valence-electron chi connectivity index (χ0n) is 12.6. The third-order valence-electron chi connectivity index (χ3n) is 3.81. The summed E-state index contributed by atoms with van der Waals surface area (Å²) in [4.78, 5) is 13.0. The molecule has 0 aliphatic carbocycles. The molecule has 1 fully saturated rings. The predicted octanol–water partition coefficient (Wildman–Crippen LogP) is 3.43. The largest absolute Gasteiger partial charge is 0.417 e. The number of halogens is 4. The van der Waals surface area contributed by atoms with Crippen LogP contribution >= 0.6 is 22.6 Å². The molecule has 0 radical (unpaired) electrons. The Kier molecular flexibility index (Phi) is 5.50. The predicted molar refractivity (Wildman–Crippen MR) is 88.3 cm³/mol. The molecule has 1 aliphatic heterocycles. The van der Waals surface area contributed by atoms with E-state index in [1.807, 2.05) is 6.92 Å². The van der Waals surface area contributed by atoms with Crippen LogP contribution in [0.15, 0.2) is 17.0 Å². The van der Waals surface area contributed by atoms with Crippen molar-refractivity contribution in [2.45, 2.75) is 30.8 Å². The van der Waals surface area contributed by atoms with E-state index in [4.69, 9.17) is 0 Å². The highest BCUT2D eigenvalue weighted by Gasteiger charge is 2.37. The molecule has 0 aromatic heterocycles. The molecule has 0 spiro atoms. The highest BCUT2D eigenvalue weighted by Crippen LogP contribution is 2.37. The number of piperidine rings is 1. The molecule has 0 saturated carbocycles. The van der Waals surface area contributed by atoms with Crippen LogP contribution in [0.3, 0.4) is 0 Å². The third-order valence-corrected chi connectivity index (χ3v) is 6.22. The fourth-order valence-corrected chi connectivity index (χ4v) is 4.74. The van der Waals surface area contributed by atoms with E-state index < -0.39 is 41.8 Å². The first-order chi connectivity index (χ1) is 10.9. The summed E-state index contributed by atoms with van der Waals surface area (Å²) in [6, 6.07) is 1.44. The lowest BCUT2D eigenvalue weighted by Crippen LogP contribution is -2.39. The van der Waals surface area contributed by atoms with Crippen molar-refractivity contribution < 1.29 is 30.9 Å². The number of nitrogens with zero attached hydrogens (tertiary/aromatic N) is 1. The molecule has 0 unspecified atom stereocenters. The molecule has 1 heterocycles. The smallest absolute Gasteiger partial charge is 0.338 e. The lowest BCUT2D eigenvalue weighted by atomic mass is 9.99. The number of hydrogen-bond acceptors (Lipinski definition) is 3. The average molecular weight is 477 g/mol. The van der Waals surface area contributed by atoms with Gasteiger partial charge in [-0.3, -0.25) is 9.35 Å². The molecule has 1 saturated heterocycles. The molecular weight excluding hydrogens is 462 g/mol. The highest BCUT2D eigenvalue weighted by molar-refractivity contribution is 14.1. The van der Waals surface area contributed by atoms with Crippen molar-refractivity contribution in [3.63, 3.8) is 0 Å². The minimum atomic E-state index is -4.89. The molecule has 2 rings (SSSR count). The Labute approximate surface area is 151 Å². The molecule has 10 heteroatoms. The van der Waals surface area contributed by atoms with Crippen molar-refractivity contribution in [1.82, 2.24) is 4.90 Å². The van der Waals surface area contributed by atoms with E-state index in [9.17, 15) is 30.9 Å². The average Bonchev–Trinajstić information content (AvgIpc) is 2.44. The van der Waals surface area contributed by atoms with Gasteiger partial charge >= 0.3 is 6.18 Å². The Bertz CT molecular complexity index is 764. The van der Waals surface area contributed by atoms with Crippen LogP contribution in [0.5, 0.6) is 0 Å². The topological polar surface area (TPSA) is 74.7 Å². The molecule has 5 nitrogen and oxygen atoms in total. The summed E-state index contributed by atoms with van der Waals surface area (Å²) in [6.45, 7) is 2.73. The molecule has 1 atom stereocenters. The zero-order chi connectivity index (χ0) is 18.3. The van der Waals surface area contributed by atoms with Gasteiger partial charge in [0.1, 0.15) is 4.90 Å². The molecule has 0 bridgehead atoms. The Hall–Kier alpha value is -0.880. The van der Waals surface area contributed by atoms with Crippen molar-refractivity contribution in [2.75, 3.05) is 13.1 Å². The molecule has 1 aromatic carbocycles. The van der Waals surface area contributed by atoms with E-state index in [1.54, 1.807) is 0 Å². The SMILES string of the molecule is C[C@H]1CCCN(C(=O)c2cc(C(F)(F)F)c(I)c(S(=O)(=O)O)c2)C1. The number of benzene rings is 1. The zero-order valence-corrected chi connectivity index (χ0v) is 15.6. The molecular formula is C14H15F3INO4S. The van der Waals surface area contributed by atoms with Crippen molar-refractivity contribution >= 4 is 38.6 Å². The van der Waals surface area contributed by atoms with Gasteiger partial charge in [-0.05, 0) is 53.5 Å². The maximum absolute atomic E-state index is 13.2. The normalized spacial score (nSPS) is 19.4. The number of carbonyl (C=O) groups excluding carboxylic acids is 1. The number of carbonyl (C=O) groups is 1. The Balaban J connectivity index is 2.56. The summed E-state index contributed by atoms with van der Waals surface area (Å²) in [7, 11) is -4.89. The van der Waals surface area contributed by atoms with Gasteiger partial charge in [0.15, 0.2) is 0 Å². The Morgan fingerprint density at radius 3 is 2.50 bits per heavy atom. The van der Waals surface area contributed by atoms with Gasteiger partial charge in [-0.1, -0.05) is 6.92 Å². The van der Waals surface area contributed by atoms with Gasteiger partial charge in [0.25, 0.3) is 16.0 Å². The van der Waals surface area contributed by atoms with E-state index in [0.717, 1.165) is 18.9 Å². The number of rotatable bonds is 2. The summed E-state index contributed by atoms with van der Waals surface area (Å²) >= 11 is 1.21. The van der Waals surface area contributed by atoms with Gasteiger partial charge in [-0.25, -0.2) is 0 Å². The monoisotopic (exact) mass is 477 g/mol. The van der Waals surface area contributed by atoms with E-state index in [2.05, 4.69) is 0 Å². The third kappa shape index (κ3) is 4.20. The van der Waals surface area contributed by atoms with Crippen molar-refractivity contribution in [3.8, 4) is 0 Å². The van der Waals surface area contributed by atoms with Crippen LogP contribution in [-0.2, 0) is 16.3 Å². The second kappa shape index (κ2) is 6.79. The van der Waals surface area contributed by atoms with Crippen LogP contribution in [0.1, 0.15) is 35.7 Å². The maximum atomic E-state index is 13.2. The van der Waals surface area contributed by atoms with Gasteiger partial charge in [0.2, 0.25) is 0 Å². The number of likely N-dealkylation sites (tertiary alicyclic amines) is 1. The maximum Gasteiger partial charge on any atom is 0.417 e. The summed E-state index contributed by atoms with van der Waals surface area (Å²) in [5, 5.41) is 0. The van der Waals surface area contributed by atoms with Crippen LogP contribution < -0.4 is 0 Å².